The van der Waals surface area contributed by atoms with Gasteiger partial charge in [-0.25, -0.2) is 9.97 Å². The second kappa shape index (κ2) is 5.23. The molecular weight excluding hydrogens is 250 g/mol. The summed E-state index contributed by atoms with van der Waals surface area (Å²) in [5.41, 5.74) is 1.86. The summed E-state index contributed by atoms with van der Waals surface area (Å²) in [5, 5.41) is 3.63. The van der Waals surface area contributed by atoms with Gasteiger partial charge in [0.2, 0.25) is 5.88 Å². The van der Waals surface area contributed by atoms with Crippen molar-refractivity contribution in [1.82, 2.24) is 9.97 Å². The van der Waals surface area contributed by atoms with Crippen LogP contribution in [0.2, 0.25) is 5.02 Å². The Labute approximate surface area is 111 Å². The Morgan fingerprint density at radius 2 is 2.00 bits per heavy atom. The zero-order valence-corrected chi connectivity index (χ0v) is 11.2. The van der Waals surface area contributed by atoms with Crippen LogP contribution in [0.1, 0.15) is 11.1 Å². The first-order valence-corrected chi connectivity index (χ1v) is 5.93. The van der Waals surface area contributed by atoms with Gasteiger partial charge in [-0.1, -0.05) is 17.7 Å². The molecule has 1 heterocycles. The van der Waals surface area contributed by atoms with Gasteiger partial charge in [-0.05, 0) is 31.5 Å². The fourth-order valence-corrected chi connectivity index (χ4v) is 1.74. The van der Waals surface area contributed by atoms with E-state index < -0.39 is 0 Å². The summed E-state index contributed by atoms with van der Waals surface area (Å²) in [6, 6.07) is 5.51. The first-order chi connectivity index (χ1) is 8.61. The van der Waals surface area contributed by atoms with Crippen LogP contribution >= 0.6 is 11.6 Å². The number of benzene rings is 1. The van der Waals surface area contributed by atoms with Gasteiger partial charge in [0.25, 0.3) is 0 Å². The minimum Gasteiger partial charge on any atom is -0.438 e. The van der Waals surface area contributed by atoms with E-state index in [1.54, 1.807) is 6.07 Å². The number of hydrogen-bond donors (Lipinski definition) is 1. The Morgan fingerprint density at radius 3 is 2.72 bits per heavy atom. The molecule has 2 aromatic rings. The zero-order valence-electron chi connectivity index (χ0n) is 10.5. The van der Waals surface area contributed by atoms with Crippen LogP contribution in [0.4, 0.5) is 5.82 Å². The normalized spacial score (nSPS) is 10.2. The number of anilines is 1. The number of halogens is 1. The molecule has 0 aliphatic rings. The fourth-order valence-electron chi connectivity index (χ4n) is 1.58. The van der Waals surface area contributed by atoms with Crippen LogP contribution in [0, 0.1) is 13.8 Å². The summed E-state index contributed by atoms with van der Waals surface area (Å²) in [7, 11) is 1.81. The molecule has 0 spiro atoms. The molecule has 0 amide bonds. The van der Waals surface area contributed by atoms with Gasteiger partial charge in [-0.2, -0.15) is 0 Å². The van der Waals surface area contributed by atoms with Crippen molar-refractivity contribution in [2.45, 2.75) is 13.8 Å². The van der Waals surface area contributed by atoms with Crippen molar-refractivity contribution in [3.8, 4) is 11.6 Å². The van der Waals surface area contributed by atoms with E-state index in [4.69, 9.17) is 16.3 Å². The Kier molecular flexibility index (Phi) is 3.67. The number of aryl methyl sites for hydroxylation is 1. The Bertz CT molecular complexity index is 572. The standard InChI is InChI=1S/C13H14ClN3O/c1-8-4-5-10(14)6-11(8)18-13-9(2)12(15-3)16-7-17-13/h4-7H,1-3H3,(H,15,16,17). The Balaban J connectivity index is 2.37. The summed E-state index contributed by atoms with van der Waals surface area (Å²) < 4.78 is 5.79. The molecule has 0 atom stereocenters. The largest absolute Gasteiger partial charge is 0.438 e. The smallest absolute Gasteiger partial charge is 0.227 e. The highest BCUT2D eigenvalue weighted by Crippen LogP contribution is 2.29. The lowest BCUT2D eigenvalue weighted by Crippen LogP contribution is -2.00. The van der Waals surface area contributed by atoms with Crippen molar-refractivity contribution in [1.29, 1.82) is 0 Å². The van der Waals surface area contributed by atoms with Crippen molar-refractivity contribution in [2.24, 2.45) is 0 Å². The minimum atomic E-state index is 0.528. The number of nitrogens with one attached hydrogen (secondary N) is 1. The third-order valence-corrected chi connectivity index (χ3v) is 2.87. The van der Waals surface area contributed by atoms with Crippen molar-refractivity contribution in [3.05, 3.63) is 40.7 Å². The van der Waals surface area contributed by atoms with Crippen LogP contribution in [0.25, 0.3) is 0 Å². The number of nitrogens with zero attached hydrogens (tertiary/aromatic N) is 2. The number of ether oxygens (including phenoxy) is 1. The van der Waals surface area contributed by atoms with E-state index >= 15 is 0 Å². The number of hydrogen-bond acceptors (Lipinski definition) is 4. The van der Waals surface area contributed by atoms with Gasteiger partial charge in [0.05, 0.1) is 5.56 Å². The predicted molar refractivity (Wildman–Crippen MR) is 72.6 cm³/mol. The summed E-state index contributed by atoms with van der Waals surface area (Å²) in [4.78, 5) is 8.25. The SMILES string of the molecule is CNc1ncnc(Oc2cc(Cl)ccc2C)c1C. The fraction of sp³-hybridized carbons (Fsp3) is 0.231. The van der Waals surface area contributed by atoms with E-state index in [1.807, 2.05) is 33.0 Å². The topological polar surface area (TPSA) is 47.0 Å². The van der Waals surface area contributed by atoms with E-state index in [0.717, 1.165) is 16.9 Å². The van der Waals surface area contributed by atoms with E-state index in [0.29, 0.717) is 16.7 Å². The van der Waals surface area contributed by atoms with Gasteiger partial charge < -0.3 is 10.1 Å². The van der Waals surface area contributed by atoms with Crippen molar-refractivity contribution >= 4 is 17.4 Å². The number of aromatic nitrogens is 2. The first-order valence-electron chi connectivity index (χ1n) is 5.55. The highest BCUT2D eigenvalue weighted by atomic mass is 35.5. The van der Waals surface area contributed by atoms with E-state index in [9.17, 15) is 0 Å². The molecule has 0 saturated carbocycles. The molecule has 2 rings (SSSR count). The first kappa shape index (κ1) is 12.6. The molecule has 1 N–H and O–H groups in total. The van der Waals surface area contributed by atoms with Crippen LogP contribution in [0.5, 0.6) is 11.6 Å². The average Bonchev–Trinajstić information content (AvgIpc) is 2.36. The second-order valence-corrected chi connectivity index (χ2v) is 4.35. The highest BCUT2D eigenvalue weighted by molar-refractivity contribution is 6.30. The van der Waals surface area contributed by atoms with E-state index in [1.165, 1.54) is 6.33 Å². The molecule has 1 aromatic heterocycles. The summed E-state index contributed by atoms with van der Waals surface area (Å²) >= 11 is 5.96. The minimum absolute atomic E-state index is 0.528. The van der Waals surface area contributed by atoms with Crippen molar-refractivity contribution in [3.63, 3.8) is 0 Å². The van der Waals surface area contributed by atoms with Gasteiger partial charge in [0.1, 0.15) is 17.9 Å². The maximum Gasteiger partial charge on any atom is 0.227 e. The van der Waals surface area contributed by atoms with Gasteiger partial charge in [-0.15, -0.1) is 0 Å². The maximum absolute atomic E-state index is 5.96. The average molecular weight is 264 g/mol. The zero-order chi connectivity index (χ0) is 13.1. The molecule has 0 unspecified atom stereocenters. The van der Waals surface area contributed by atoms with Gasteiger partial charge in [0.15, 0.2) is 0 Å². The highest BCUT2D eigenvalue weighted by Gasteiger charge is 2.09. The summed E-state index contributed by atoms with van der Waals surface area (Å²) in [5.74, 6) is 1.98. The molecule has 1 aromatic carbocycles. The van der Waals surface area contributed by atoms with Gasteiger partial charge in [-0.3, -0.25) is 0 Å². The van der Waals surface area contributed by atoms with E-state index in [-0.39, 0.29) is 0 Å². The van der Waals surface area contributed by atoms with Gasteiger partial charge >= 0.3 is 0 Å². The number of rotatable bonds is 3. The summed E-state index contributed by atoms with van der Waals surface area (Å²) in [6.45, 7) is 3.86. The molecule has 0 bridgehead atoms. The van der Waals surface area contributed by atoms with Crippen LogP contribution in [-0.2, 0) is 0 Å². The van der Waals surface area contributed by atoms with Crippen LogP contribution in [0.15, 0.2) is 24.5 Å². The molecular formula is C13H14ClN3O. The molecule has 0 saturated heterocycles. The van der Waals surface area contributed by atoms with Crippen molar-refractivity contribution in [2.75, 3.05) is 12.4 Å². The van der Waals surface area contributed by atoms with E-state index in [2.05, 4.69) is 15.3 Å². The molecule has 94 valence electrons. The van der Waals surface area contributed by atoms with Gasteiger partial charge in [0, 0.05) is 12.1 Å². The molecule has 0 radical (unpaired) electrons. The lowest BCUT2D eigenvalue weighted by Gasteiger charge is -2.11. The van der Waals surface area contributed by atoms with Crippen LogP contribution in [0.3, 0.4) is 0 Å². The monoisotopic (exact) mass is 263 g/mol. The molecule has 0 fully saturated rings. The molecule has 18 heavy (non-hydrogen) atoms. The molecule has 0 aliphatic heterocycles. The lowest BCUT2D eigenvalue weighted by atomic mass is 10.2. The Hall–Kier alpha value is -1.81. The second-order valence-electron chi connectivity index (χ2n) is 3.91. The van der Waals surface area contributed by atoms with Crippen molar-refractivity contribution < 1.29 is 4.74 Å². The molecule has 4 nitrogen and oxygen atoms in total. The molecule has 0 aliphatic carbocycles. The van der Waals surface area contributed by atoms with Crippen LogP contribution < -0.4 is 10.1 Å². The van der Waals surface area contributed by atoms with Crippen LogP contribution in [-0.4, -0.2) is 17.0 Å². The third-order valence-electron chi connectivity index (χ3n) is 2.63. The Morgan fingerprint density at radius 1 is 1.22 bits per heavy atom. The quantitative estimate of drug-likeness (QED) is 0.919. The molecule has 5 heteroatoms. The summed E-state index contributed by atoms with van der Waals surface area (Å²) in [6.07, 6.45) is 1.47. The predicted octanol–water partition coefficient (Wildman–Crippen LogP) is 3.58. The third kappa shape index (κ3) is 2.54. The maximum atomic E-state index is 5.96. The lowest BCUT2D eigenvalue weighted by molar-refractivity contribution is 0.454.